The number of fused-ring (bicyclic) bond motifs is 1. The van der Waals surface area contributed by atoms with Gasteiger partial charge in [-0.15, -0.1) is 0 Å². The molecule has 0 spiro atoms. The summed E-state index contributed by atoms with van der Waals surface area (Å²) >= 11 is 0. The molecule has 3 aromatic heterocycles. The van der Waals surface area contributed by atoms with Gasteiger partial charge in [-0.05, 0) is 43.2 Å². The van der Waals surface area contributed by atoms with Crippen LogP contribution < -0.4 is 16.2 Å². The number of benzene rings is 1. The van der Waals surface area contributed by atoms with E-state index in [9.17, 15) is 9.90 Å². The molecule has 32 heavy (non-hydrogen) atoms. The van der Waals surface area contributed by atoms with Crippen LogP contribution >= 0.6 is 0 Å². The number of anilines is 4. The van der Waals surface area contributed by atoms with Crippen molar-refractivity contribution in [1.82, 2.24) is 19.5 Å². The molecule has 1 aliphatic rings. The van der Waals surface area contributed by atoms with Crippen LogP contribution in [0.25, 0.3) is 11.0 Å². The Bertz CT molecular complexity index is 1280. The number of aliphatic hydroxyl groups excluding tert-OH is 1. The zero-order chi connectivity index (χ0) is 21.9. The van der Waals surface area contributed by atoms with Gasteiger partial charge in [-0.25, -0.2) is 9.97 Å². The van der Waals surface area contributed by atoms with Crippen LogP contribution in [0.4, 0.5) is 23.1 Å². The van der Waals surface area contributed by atoms with Gasteiger partial charge in [0.1, 0.15) is 11.5 Å². The SMILES string of the molecule is O=c1c(CO)cc2cnc(Nc3ccc(Nc4ccccc4)cn3)nc2n1C1CCCC1. The van der Waals surface area contributed by atoms with E-state index >= 15 is 0 Å². The quantitative estimate of drug-likeness (QED) is 0.421. The molecule has 1 aliphatic carbocycles. The zero-order valence-electron chi connectivity index (χ0n) is 17.5. The molecule has 0 radical (unpaired) electrons. The Kier molecular flexibility index (Phi) is 5.51. The van der Waals surface area contributed by atoms with E-state index in [1.807, 2.05) is 42.5 Å². The average molecular weight is 428 g/mol. The molecular formula is C24H24N6O2. The summed E-state index contributed by atoms with van der Waals surface area (Å²) in [4.78, 5) is 26.4. The first-order chi connectivity index (χ1) is 15.7. The highest BCUT2D eigenvalue weighted by Gasteiger charge is 2.22. The Morgan fingerprint density at radius 2 is 1.78 bits per heavy atom. The van der Waals surface area contributed by atoms with E-state index in [0.29, 0.717) is 23.0 Å². The van der Waals surface area contributed by atoms with Crippen molar-refractivity contribution in [3.63, 3.8) is 0 Å². The summed E-state index contributed by atoms with van der Waals surface area (Å²) in [6.45, 7) is -0.297. The molecule has 162 valence electrons. The summed E-state index contributed by atoms with van der Waals surface area (Å²) in [5.41, 5.74) is 2.63. The maximum Gasteiger partial charge on any atom is 0.258 e. The Balaban J connectivity index is 1.43. The van der Waals surface area contributed by atoms with Gasteiger partial charge in [0.2, 0.25) is 5.95 Å². The van der Waals surface area contributed by atoms with Gasteiger partial charge in [-0.2, -0.15) is 4.98 Å². The predicted molar refractivity (Wildman–Crippen MR) is 124 cm³/mol. The molecule has 0 saturated heterocycles. The normalized spacial score (nSPS) is 14.0. The lowest BCUT2D eigenvalue weighted by Crippen LogP contribution is -2.27. The Hall–Kier alpha value is -3.78. The molecule has 1 saturated carbocycles. The number of aliphatic hydroxyl groups is 1. The minimum absolute atomic E-state index is 0.0979. The van der Waals surface area contributed by atoms with Crippen LogP contribution in [0.2, 0.25) is 0 Å². The van der Waals surface area contributed by atoms with Crippen LogP contribution in [0.1, 0.15) is 37.3 Å². The molecule has 0 amide bonds. The Labute approximate surface area is 185 Å². The predicted octanol–water partition coefficient (Wildman–Crippen LogP) is 4.28. The maximum absolute atomic E-state index is 13.0. The van der Waals surface area contributed by atoms with Gasteiger partial charge in [-0.3, -0.25) is 9.36 Å². The second-order valence-corrected chi connectivity index (χ2v) is 7.96. The maximum atomic E-state index is 13.0. The first-order valence-electron chi connectivity index (χ1n) is 10.8. The van der Waals surface area contributed by atoms with Crippen molar-refractivity contribution >= 4 is 34.2 Å². The van der Waals surface area contributed by atoms with Gasteiger partial charge in [0.05, 0.1) is 18.5 Å². The number of hydrogen-bond acceptors (Lipinski definition) is 7. The third-order valence-electron chi connectivity index (χ3n) is 5.77. The van der Waals surface area contributed by atoms with Gasteiger partial charge in [-0.1, -0.05) is 31.0 Å². The number of pyridine rings is 2. The third-order valence-corrected chi connectivity index (χ3v) is 5.77. The molecule has 5 rings (SSSR count). The lowest BCUT2D eigenvalue weighted by molar-refractivity contribution is 0.279. The summed E-state index contributed by atoms with van der Waals surface area (Å²) in [6, 6.07) is 15.4. The van der Waals surface area contributed by atoms with Crippen molar-refractivity contribution in [1.29, 1.82) is 0 Å². The van der Waals surface area contributed by atoms with Crippen molar-refractivity contribution in [3.05, 3.63) is 76.8 Å². The minimum Gasteiger partial charge on any atom is -0.391 e. The van der Waals surface area contributed by atoms with Gasteiger partial charge < -0.3 is 15.7 Å². The van der Waals surface area contributed by atoms with E-state index in [0.717, 1.165) is 42.4 Å². The Morgan fingerprint density at radius 1 is 0.969 bits per heavy atom. The molecule has 1 aromatic carbocycles. The number of rotatable bonds is 6. The molecule has 8 nitrogen and oxygen atoms in total. The molecule has 1 fully saturated rings. The summed E-state index contributed by atoms with van der Waals surface area (Å²) in [5, 5.41) is 16.8. The fraction of sp³-hybridized carbons (Fsp3) is 0.250. The summed E-state index contributed by atoms with van der Waals surface area (Å²) in [7, 11) is 0. The molecule has 4 aromatic rings. The standard InChI is InChI=1S/C24H24N6O2/c31-15-17-12-16-13-26-24(29-22(16)30(23(17)32)20-8-4-5-9-20)28-21-11-10-19(14-25-21)27-18-6-2-1-3-7-18/h1-3,6-7,10-14,20,27,31H,4-5,8-9,15H2,(H,25,26,28,29). The van der Waals surface area contributed by atoms with E-state index in [1.165, 1.54) is 0 Å². The highest BCUT2D eigenvalue weighted by Crippen LogP contribution is 2.31. The Morgan fingerprint density at radius 3 is 2.50 bits per heavy atom. The summed E-state index contributed by atoms with van der Waals surface area (Å²) < 4.78 is 1.74. The van der Waals surface area contributed by atoms with Gasteiger partial charge in [0.15, 0.2) is 0 Å². The molecule has 0 aliphatic heterocycles. The van der Waals surface area contributed by atoms with Crippen molar-refractivity contribution in [2.24, 2.45) is 0 Å². The van der Waals surface area contributed by atoms with Gasteiger partial charge in [0, 0.05) is 28.9 Å². The van der Waals surface area contributed by atoms with Crippen molar-refractivity contribution < 1.29 is 5.11 Å². The molecule has 0 bridgehead atoms. The second-order valence-electron chi connectivity index (χ2n) is 7.96. The van der Waals surface area contributed by atoms with Crippen molar-refractivity contribution in [2.75, 3.05) is 10.6 Å². The van der Waals surface area contributed by atoms with Crippen molar-refractivity contribution in [3.8, 4) is 0 Å². The third kappa shape index (κ3) is 4.04. The van der Waals surface area contributed by atoms with Crippen LogP contribution in [0.15, 0.2) is 65.7 Å². The molecule has 3 heterocycles. The molecule has 3 N–H and O–H groups in total. The molecular weight excluding hydrogens is 404 g/mol. The van der Waals surface area contributed by atoms with Crippen LogP contribution in [0, 0.1) is 0 Å². The first kappa shape index (κ1) is 20.1. The van der Waals surface area contributed by atoms with Crippen LogP contribution in [-0.4, -0.2) is 24.6 Å². The number of para-hydroxylation sites is 1. The van der Waals surface area contributed by atoms with E-state index in [2.05, 4.69) is 25.6 Å². The van der Waals surface area contributed by atoms with Gasteiger partial charge in [0.25, 0.3) is 5.56 Å². The monoisotopic (exact) mass is 428 g/mol. The largest absolute Gasteiger partial charge is 0.391 e. The average Bonchev–Trinajstić information content (AvgIpc) is 3.35. The lowest BCUT2D eigenvalue weighted by Gasteiger charge is -2.17. The summed E-state index contributed by atoms with van der Waals surface area (Å²) in [6.07, 6.45) is 7.47. The van der Waals surface area contributed by atoms with Crippen LogP contribution in [-0.2, 0) is 6.61 Å². The number of nitrogens with zero attached hydrogens (tertiary/aromatic N) is 4. The fourth-order valence-electron chi connectivity index (χ4n) is 4.20. The highest BCUT2D eigenvalue weighted by molar-refractivity contribution is 5.76. The fourth-order valence-corrected chi connectivity index (χ4v) is 4.20. The lowest BCUT2D eigenvalue weighted by atomic mass is 10.2. The van der Waals surface area contributed by atoms with Gasteiger partial charge >= 0.3 is 0 Å². The first-order valence-corrected chi connectivity index (χ1v) is 10.8. The minimum atomic E-state index is -0.297. The number of aromatic nitrogens is 4. The summed E-state index contributed by atoms with van der Waals surface area (Å²) in [5.74, 6) is 0.973. The molecule has 8 heteroatoms. The van der Waals surface area contributed by atoms with E-state index in [1.54, 1.807) is 23.0 Å². The van der Waals surface area contributed by atoms with Crippen LogP contribution in [0.5, 0.6) is 0 Å². The van der Waals surface area contributed by atoms with E-state index < -0.39 is 0 Å². The van der Waals surface area contributed by atoms with Crippen molar-refractivity contribution in [2.45, 2.75) is 38.3 Å². The van der Waals surface area contributed by atoms with E-state index in [4.69, 9.17) is 0 Å². The van der Waals surface area contributed by atoms with E-state index in [-0.39, 0.29) is 18.2 Å². The molecule has 0 unspecified atom stereocenters. The number of hydrogen-bond donors (Lipinski definition) is 3. The number of nitrogens with one attached hydrogen (secondary N) is 2. The zero-order valence-corrected chi connectivity index (χ0v) is 17.5. The van der Waals surface area contributed by atoms with Crippen LogP contribution in [0.3, 0.4) is 0 Å². The molecule has 0 atom stereocenters. The second kappa shape index (κ2) is 8.76. The smallest absolute Gasteiger partial charge is 0.258 e. The highest BCUT2D eigenvalue weighted by atomic mass is 16.3. The topological polar surface area (TPSA) is 105 Å².